The zero-order valence-electron chi connectivity index (χ0n) is 12.0. The van der Waals surface area contributed by atoms with Crippen LogP contribution < -0.4 is 5.32 Å². The Morgan fingerprint density at radius 3 is 2.44 bits per heavy atom. The maximum atomic E-state index is 12.3. The molecule has 1 rings (SSSR count). The summed E-state index contributed by atoms with van der Waals surface area (Å²) in [6, 6.07) is -0.582. The van der Waals surface area contributed by atoms with Crippen molar-refractivity contribution in [3.8, 4) is 0 Å². The SMILES string of the molecule is CCCC1C(=O)NC(CC)C(=O)N1CCC(C)C. The van der Waals surface area contributed by atoms with Gasteiger partial charge in [0.25, 0.3) is 0 Å². The molecule has 0 aliphatic carbocycles. The highest BCUT2D eigenvalue weighted by atomic mass is 16.2. The Kier molecular flexibility index (Phi) is 5.63. The number of piperazine rings is 1. The van der Waals surface area contributed by atoms with E-state index in [9.17, 15) is 9.59 Å². The van der Waals surface area contributed by atoms with Gasteiger partial charge in [0.15, 0.2) is 0 Å². The average molecular weight is 254 g/mol. The fourth-order valence-electron chi connectivity index (χ4n) is 2.33. The first-order valence-electron chi connectivity index (χ1n) is 7.12. The van der Waals surface area contributed by atoms with Gasteiger partial charge in [-0.1, -0.05) is 34.1 Å². The lowest BCUT2D eigenvalue weighted by Crippen LogP contribution is -2.63. The topological polar surface area (TPSA) is 49.4 Å². The molecular formula is C14H26N2O2. The van der Waals surface area contributed by atoms with Gasteiger partial charge >= 0.3 is 0 Å². The van der Waals surface area contributed by atoms with Gasteiger partial charge in [-0.2, -0.15) is 0 Å². The third-order valence-corrected chi connectivity index (χ3v) is 3.49. The number of carbonyl (C=O) groups excluding carboxylic acids is 2. The van der Waals surface area contributed by atoms with E-state index in [0.717, 1.165) is 19.3 Å². The van der Waals surface area contributed by atoms with Crippen molar-refractivity contribution in [1.29, 1.82) is 0 Å². The standard InChI is InChI=1S/C14H26N2O2/c1-5-7-12-13(17)15-11(6-2)14(18)16(12)9-8-10(3)4/h10-12H,5-9H2,1-4H3,(H,15,17). The highest BCUT2D eigenvalue weighted by Gasteiger charge is 2.38. The van der Waals surface area contributed by atoms with Crippen molar-refractivity contribution in [2.75, 3.05) is 6.54 Å². The van der Waals surface area contributed by atoms with Crippen molar-refractivity contribution in [3.63, 3.8) is 0 Å². The lowest BCUT2D eigenvalue weighted by atomic mass is 10.00. The second-order valence-corrected chi connectivity index (χ2v) is 5.49. The van der Waals surface area contributed by atoms with Gasteiger partial charge in [0.05, 0.1) is 0 Å². The van der Waals surface area contributed by atoms with Gasteiger partial charge in [-0.05, 0) is 25.2 Å². The molecule has 1 fully saturated rings. The number of carbonyl (C=O) groups is 2. The van der Waals surface area contributed by atoms with Gasteiger partial charge in [-0.15, -0.1) is 0 Å². The first-order valence-corrected chi connectivity index (χ1v) is 7.12. The van der Waals surface area contributed by atoms with E-state index >= 15 is 0 Å². The smallest absolute Gasteiger partial charge is 0.245 e. The maximum absolute atomic E-state index is 12.3. The molecule has 18 heavy (non-hydrogen) atoms. The highest BCUT2D eigenvalue weighted by Crippen LogP contribution is 2.17. The van der Waals surface area contributed by atoms with E-state index in [4.69, 9.17) is 0 Å². The summed E-state index contributed by atoms with van der Waals surface area (Å²) >= 11 is 0. The Balaban J connectivity index is 2.79. The molecule has 0 bridgehead atoms. The first-order chi connectivity index (χ1) is 8.51. The number of rotatable bonds is 6. The molecule has 4 heteroatoms. The lowest BCUT2D eigenvalue weighted by Gasteiger charge is -2.39. The van der Waals surface area contributed by atoms with Crippen molar-refractivity contribution < 1.29 is 9.59 Å². The number of hydrogen-bond acceptors (Lipinski definition) is 2. The molecule has 0 aromatic rings. The molecule has 1 heterocycles. The van der Waals surface area contributed by atoms with Crippen molar-refractivity contribution in [3.05, 3.63) is 0 Å². The first kappa shape index (κ1) is 15.0. The molecule has 2 amide bonds. The average Bonchev–Trinajstić information content (AvgIpc) is 2.32. The predicted molar refractivity (Wildman–Crippen MR) is 72.1 cm³/mol. The van der Waals surface area contributed by atoms with E-state index in [1.54, 1.807) is 4.90 Å². The molecule has 1 aliphatic rings. The molecule has 0 aromatic heterocycles. The Hall–Kier alpha value is -1.06. The van der Waals surface area contributed by atoms with Crippen LogP contribution in [0.1, 0.15) is 53.4 Å². The zero-order chi connectivity index (χ0) is 13.7. The minimum Gasteiger partial charge on any atom is -0.343 e. The summed E-state index contributed by atoms with van der Waals surface area (Å²) in [6.07, 6.45) is 3.30. The van der Waals surface area contributed by atoms with E-state index in [0.29, 0.717) is 18.9 Å². The summed E-state index contributed by atoms with van der Waals surface area (Å²) in [5, 5.41) is 2.84. The molecule has 0 spiro atoms. The monoisotopic (exact) mass is 254 g/mol. The third-order valence-electron chi connectivity index (χ3n) is 3.49. The molecule has 1 aliphatic heterocycles. The Morgan fingerprint density at radius 1 is 1.28 bits per heavy atom. The van der Waals surface area contributed by atoms with Crippen LogP contribution in [0.2, 0.25) is 0 Å². The molecule has 0 radical (unpaired) electrons. The normalized spacial score (nSPS) is 24.6. The molecule has 0 aromatic carbocycles. The third kappa shape index (κ3) is 3.47. The van der Waals surface area contributed by atoms with Gasteiger partial charge in [0, 0.05) is 6.54 Å². The lowest BCUT2D eigenvalue weighted by molar-refractivity contribution is -0.149. The van der Waals surface area contributed by atoms with E-state index < -0.39 is 0 Å². The number of nitrogens with zero attached hydrogens (tertiary/aromatic N) is 1. The molecule has 2 unspecified atom stereocenters. The van der Waals surface area contributed by atoms with E-state index in [1.807, 2.05) is 13.8 Å². The largest absolute Gasteiger partial charge is 0.343 e. The molecule has 1 saturated heterocycles. The second-order valence-electron chi connectivity index (χ2n) is 5.49. The fraction of sp³-hybridized carbons (Fsp3) is 0.857. The Bertz CT molecular complexity index is 302. The van der Waals surface area contributed by atoms with E-state index in [1.165, 1.54) is 0 Å². The van der Waals surface area contributed by atoms with Gasteiger partial charge in [-0.25, -0.2) is 0 Å². The number of hydrogen-bond donors (Lipinski definition) is 1. The van der Waals surface area contributed by atoms with Crippen LogP contribution >= 0.6 is 0 Å². The van der Waals surface area contributed by atoms with Crippen molar-refractivity contribution >= 4 is 11.8 Å². The summed E-state index contributed by atoms with van der Waals surface area (Å²) in [6.45, 7) is 8.96. The summed E-state index contributed by atoms with van der Waals surface area (Å²) in [7, 11) is 0. The van der Waals surface area contributed by atoms with Crippen LogP contribution in [0.5, 0.6) is 0 Å². The van der Waals surface area contributed by atoms with Gasteiger partial charge in [0.1, 0.15) is 12.1 Å². The number of nitrogens with one attached hydrogen (secondary N) is 1. The van der Waals surface area contributed by atoms with Crippen LogP contribution in [0.4, 0.5) is 0 Å². The van der Waals surface area contributed by atoms with Crippen LogP contribution in [0.15, 0.2) is 0 Å². The molecule has 1 N–H and O–H groups in total. The quantitative estimate of drug-likeness (QED) is 0.787. The highest BCUT2D eigenvalue weighted by molar-refractivity contribution is 5.96. The minimum absolute atomic E-state index is 0.0204. The fourth-order valence-corrected chi connectivity index (χ4v) is 2.33. The maximum Gasteiger partial charge on any atom is 0.245 e. The number of amides is 2. The molecule has 2 atom stereocenters. The summed E-state index contributed by atoms with van der Waals surface area (Å²) < 4.78 is 0. The summed E-state index contributed by atoms with van der Waals surface area (Å²) in [5.41, 5.74) is 0. The van der Waals surface area contributed by atoms with Gasteiger partial charge < -0.3 is 10.2 Å². The van der Waals surface area contributed by atoms with E-state index in [-0.39, 0.29) is 23.9 Å². The molecule has 104 valence electrons. The van der Waals surface area contributed by atoms with Gasteiger partial charge in [-0.3, -0.25) is 9.59 Å². The van der Waals surface area contributed by atoms with Crippen LogP contribution in [-0.2, 0) is 9.59 Å². The van der Waals surface area contributed by atoms with Crippen LogP contribution in [0.25, 0.3) is 0 Å². The van der Waals surface area contributed by atoms with Crippen LogP contribution in [0, 0.1) is 5.92 Å². The van der Waals surface area contributed by atoms with Crippen LogP contribution in [0.3, 0.4) is 0 Å². The van der Waals surface area contributed by atoms with Crippen LogP contribution in [-0.4, -0.2) is 35.3 Å². The van der Waals surface area contributed by atoms with Gasteiger partial charge in [0.2, 0.25) is 11.8 Å². The Labute approximate surface area is 110 Å². The van der Waals surface area contributed by atoms with E-state index in [2.05, 4.69) is 19.2 Å². The minimum atomic E-state index is -0.322. The van der Waals surface area contributed by atoms with Crippen molar-refractivity contribution in [1.82, 2.24) is 10.2 Å². The zero-order valence-corrected chi connectivity index (χ0v) is 12.0. The molecular weight excluding hydrogens is 228 g/mol. The van der Waals surface area contributed by atoms with Crippen molar-refractivity contribution in [2.45, 2.75) is 65.5 Å². The predicted octanol–water partition coefficient (Wildman–Crippen LogP) is 1.94. The summed E-state index contributed by atoms with van der Waals surface area (Å²) in [5.74, 6) is 0.661. The van der Waals surface area contributed by atoms with Crippen molar-refractivity contribution in [2.24, 2.45) is 5.92 Å². The second kappa shape index (κ2) is 6.76. The summed E-state index contributed by atoms with van der Waals surface area (Å²) in [4.78, 5) is 26.2. The molecule has 0 saturated carbocycles. The Morgan fingerprint density at radius 2 is 1.94 bits per heavy atom. The molecule has 4 nitrogen and oxygen atoms in total.